The molecule has 3 N–H and O–H groups in total. The zero-order valence-electron chi connectivity index (χ0n) is 9.07. The molecule has 7 heteroatoms. The molecular formula is C10H14N2O5. The van der Waals surface area contributed by atoms with Crippen molar-refractivity contribution in [2.24, 2.45) is 0 Å². The van der Waals surface area contributed by atoms with E-state index in [0.29, 0.717) is 6.42 Å². The lowest BCUT2D eigenvalue weighted by atomic mass is 10.1. The SMILES string of the molecule is O=c1ccn([C@@H]2C[C@H](CO)O[C@H]2CO)c(=O)[nH]1. The molecule has 0 saturated carbocycles. The minimum atomic E-state index is -0.546. The molecule has 2 heterocycles. The maximum atomic E-state index is 11.6. The topological polar surface area (TPSA) is 105 Å². The Morgan fingerprint density at radius 2 is 2.18 bits per heavy atom. The molecule has 1 fully saturated rings. The molecule has 0 bridgehead atoms. The summed E-state index contributed by atoms with van der Waals surface area (Å²) in [5, 5.41) is 18.2. The summed E-state index contributed by atoms with van der Waals surface area (Å²) in [6.07, 6.45) is 0.859. The Labute approximate surface area is 96.3 Å². The molecule has 1 aliphatic rings. The van der Waals surface area contributed by atoms with Gasteiger partial charge in [-0.25, -0.2) is 4.79 Å². The van der Waals surface area contributed by atoms with Gasteiger partial charge in [0.25, 0.3) is 5.56 Å². The fourth-order valence-corrected chi connectivity index (χ4v) is 2.08. The van der Waals surface area contributed by atoms with Gasteiger partial charge < -0.3 is 14.9 Å². The highest BCUT2D eigenvalue weighted by Crippen LogP contribution is 2.29. The normalized spacial score (nSPS) is 28.5. The fourth-order valence-electron chi connectivity index (χ4n) is 2.08. The van der Waals surface area contributed by atoms with Crippen LogP contribution in [0.2, 0.25) is 0 Å². The molecule has 0 unspecified atom stereocenters. The summed E-state index contributed by atoms with van der Waals surface area (Å²) in [6.45, 7) is -0.405. The molecule has 1 aliphatic heterocycles. The molecule has 0 aliphatic carbocycles. The summed E-state index contributed by atoms with van der Waals surface area (Å²) in [6, 6.07) is 0.865. The number of ether oxygens (including phenoxy) is 1. The average molecular weight is 242 g/mol. The molecule has 94 valence electrons. The first-order valence-electron chi connectivity index (χ1n) is 5.34. The third kappa shape index (κ3) is 2.31. The van der Waals surface area contributed by atoms with Crippen LogP contribution in [0.3, 0.4) is 0 Å². The number of aliphatic hydroxyl groups excluding tert-OH is 2. The lowest BCUT2D eigenvalue weighted by molar-refractivity contribution is -0.0195. The number of aliphatic hydroxyl groups is 2. The molecule has 0 radical (unpaired) electrons. The molecule has 1 aromatic heterocycles. The number of nitrogens with zero attached hydrogens (tertiary/aromatic N) is 1. The summed E-state index contributed by atoms with van der Waals surface area (Å²) in [5.74, 6) is 0. The van der Waals surface area contributed by atoms with E-state index in [0.717, 1.165) is 0 Å². The van der Waals surface area contributed by atoms with Crippen molar-refractivity contribution in [1.29, 1.82) is 0 Å². The predicted octanol–water partition coefficient (Wildman–Crippen LogP) is -1.78. The van der Waals surface area contributed by atoms with Gasteiger partial charge in [0, 0.05) is 12.3 Å². The van der Waals surface area contributed by atoms with Gasteiger partial charge in [0.2, 0.25) is 0 Å². The predicted molar refractivity (Wildman–Crippen MR) is 57.8 cm³/mol. The van der Waals surface area contributed by atoms with Crippen LogP contribution in [0.1, 0.15) is 12.5 Å². The van der Waals surface area contributed by atoms with Gasteiger partial charge in [-0.3, -0.25) is 14.3 Å². The second-order valence-corrected chi connectivity index (χ2v) is 3.98. The number of aromatic amines is 1. The van der Waals surface area contributed by atoms with Crippen LogP contribution in [0.25, 0.3) is 0 Å². The Kier molecular flexibility index (Phi) is 3.41. The van der Waals surface area contributed by atoms with E-state index in [9.17, 15) is 9.59 Å². The highest BCUT2D eigenvalue weighted by atomic mass is 16.5. The summed E-state index contributed by atoms with van der Waals surface area (Å²) in [5.41, 5.74) is -1.01. The molecule has 0 aromatic carbocycles. The van der Waals surface area contributed by atoms with E-state index in [-0.39, 0.29) is 19.3 Å². The summed E-state index contributed by atoms with van der Waals surface area (Å²) < 4.78 is 6.68. The van der Waals surface area contributed by atoms with Crippen LogP contribution in [0.5, 0.6) is 0 Å². The van der Waals surface area contributed by atoms with Gasteiger partial charge in [0.05, 0.1) is 25.4 Å². The monoisotopic (exact) mass is 242 g/mol. The Morgan fingerprint density at radius 1 is 1.41 bits per heavy atom. The van der Waals surface area contributed by atoms with E-state index in [1.807, 2.05) is 0 Å². The van der Waals surface area contributed by atoms with E-state index in [4.69, 9.17) is 14.9 Å². The van der Waals surface area contributed by atoms with Gasteiger partial charge >= 0.3 is 5.69 Å². The second kappa shape index (κ2) is 4.82. The average Bonchev–Trinajstić information content (AvgIpc) is 2.72. The van der Waals surface area contributed by atoms with Crippen molar-refractivity contribution in [1.82, 2.24) is 9.55 Å². The molecule has 1 saturated heterocycles. The minimum absolute atomic E-state index is 0.162. The summed E-state index contributed by atoms with van der Waals surface area (Å²) in [7, 11) is 0. The van der Waals surface area contributed by atoms with Crippen LogP contribution in [0.15, 0.2) is 21.9 Å². The standard InChI is InChI=1S/C10H14N2O5/c13-4-6-3-7(8(5-14)17-6)12-2-1-9(15)11-10(12)16/h1-2,6-8,13-14H,3-5H2,(H,11,15,16)/t6-,7-,8+/m1/s1. The first-order chi connectivity index (χ1) is 8.15. The molecule has 1 aromatic rings. The maximum Gasteiger partial charge on any atom is 0.328 e. The molecule has 0 amide bonds. The Morgan fingerprint density at radius 3 is 2.76 bits per heavy atom. The fraction of sp³-hybridized carbons (Fsp3) is 0.600. The lowest BCUT2D eigenvalue weighted by Crippen LogP contribution is -2.35. The number of hydrogen-bond donors (Lipinski definition) is 3. The molecule has 17 heavy (non-hydrogen) atoms. The van der Waals surface area contributed by atoms with Crippen LogP contribution >= 0.6 is 0 Å². The van der Waals surface area contributed by atoms with E-state index in [1.165, 1.54) is 16.8 Å². The number of hydrogen-bond acceptors (Lipinski definition) is 5. The van der Waals surface area contributed by atoms with Crippen molar-refractivity contribution >= 4 is 0 Å². The van der Waals surface area contributed by atoms with Gasteiger partial charge in [-0.2, -0.15) is 0 Å². The maximum absolute atomic E-state index is 11.6. The number of rotatable bonds is 3. The lowest BCUT2D eigenvalue weighted by Gasteiger charge is -2.17. The van der Waals surface area contributed by atoms with Crippen molar-refractivity contribution in [3.63, 3.8) is 0 Å². The summed E-state index contributed by atoms with van der Waals surface area (Å²) in [4.78, 5) is 24.7. The minimum Gasteiger partial charge on any atom is -0.394 e. The van der Waals surface area contributed by atoms with E-state index >= 15 is 0 Å². The smallest absolute Gasteiger partial charge is 0.328 e. The van der Waals surface area contributed by atoms with Gasteiger partial charge in [-0.1, -0.05) is 0 Å². The first kappa shape index (κ1) is 12.0. The van der Waals surface area contributed by atoms with Gasteiger partial charge in [0.15, 0.2) is 0 Å². The third-order valence-corrected chi connectivity index (χ3v) is 2.89. The van der Waals surface area contributed by atoms with Crippen molar-refractivity contribution in [3.8, 4) is 0 Å². The Hall–Kier alpha value is -1.44. The van der Waals surface area contributed by atoms with Gasteiger partial charge in [-0.05, 0) is 6.42 Å². The second-order valence-electron chi connectivity index (χ2n) is 3.98. The molecule has 2 rings (SSSR count). The molecule has 7 nitrogen and oxygen atoms in total. The van der Waals surface area contributed by atoms with Crippen molar-refractivity contribution in [3.05, 3.63) is 33.1 Å². The van der Waals surface area contributed by atoms with Crippen LogP contribution in [-0.2, 0) is 4.74 Å². The van der Waals surface area contributed by atoms with Crippen molar-refractivity contribution in [2.75, 3.05) is 13.2 Å². The van der Waals surface area contributed by atoms with Gasteiger partial charge in [-0.15, -0.1) is 0 Å². The van der Waals surface area contributed by atoms with Crippen molar-refractivity contribution < 1.29 is 14.9 Å². The Bertz CT molecular complexity index is 494. The summed E-state index contributed by atoms with van der Waals surface area (Å²) >= 11 is 0. The van der Waals surface area contributed by atoms with Crippen LogP contribution in [0.4, 0.5) is 0 Å². The highest BCUT2D eigenvalue weighted by Gasteiger charge is 2.36. The zero-order valence-corrected chi connectivity index (χ0v) is 9.07. The molecule has 0 spiro atoms. The number of nitrogens with one attached hydrogen (secondary N) is 1. The van der Waals surface area contributed by atoms with Crippen LogP contribution < -0.4 is 11.2 Å². The van der Waals surface area contributed by atoms with Gasteiger partial charge in [0.1, 0.15) is 6.10 Å². The quantitative estimate of drug-likeness (QED) is 0.581. The van der Waals surface area contributed by atoms with Crippen LogP contribution in [-0.4, -0.2) is 45.2 Å². The molecular weight excluding hydrogens is 228 g/mol. The molecule has 3 atom stereocenters. The number of H-pyrrole nitrogens is 1. The third-order valence-electron chi connectivity index (χ3n) is 2.89. The highest BCUT2D eigenvalue weighted by molar-refractivity contribution is 4.92. The first-order valence-corrected chi connectivity index (χ1v) is 5.34. The largest absolute Gasteiger partial charge is 0.394 e. The van der Waals surface area contributed by atoms with Crippen LogP contribution in [0, 0.1) is 0 Å². The Balaban J connectivity index is 2.32. The van der Waals surface area contributed by atoms with E-state index in [2.05, 4.69) is 4.98 Å². The van der Waals surface area contributed by atoms with Crippen molar-refractivity contribution in [2.45, 2.75) is 24.7 Å². The van der Waals surface area contributed by atoms with E-state index < -0.39 is 23.5 Å². The van der Waals surface area contributed by atoms with E-state index in [1.54, 1.807) is 0 Å². The number of aromatic nitrogens is 2. The zero-order chi connectivity index (χ0) is 12.4.